The molecule has 2 aromatic rings. The maximum Gasteiger partial charge on any atom is 0.132 e. The zero-order valence-electron chi connectivity index (χ0n) is 11.5. The zero-order valence-corrected chi connectivity index (χ0v) is 11.5. The van der Waals surface area contributed by atoms with Crippen LogP contribution in [0.1, 0.15) is 35.6 Å². The number of ether oxygens (including phenoxy) is 1. The fraction of sp³-hybridized carbons (Fsp3) is 0.294. The molecule has 2 aromatic carbocycles. The summed E-state index contributed by atoms with van der Waals surface area (Å²) in [4.78, 5) is 0. The molecule has 0 saturated carbocycles. The Morgan fingerprint density at radius 1 is 1.14 bits per heavy atom. The molecule has 2 nitrogen and oxygen atoms in total. The molecule has 0 fully saturated rings. The lowest BCUT2D eigenvalue weighted by atomic mass is 9.89. The lowest BCUT2D eigenvalue weighted by Gasteiger charge is -2.22. The summed E-state index contributed by atoms with van der Waals surface area (Å²) >= 11 is 0. The average Bonchev–Trinajstić information content (AvgIpc) is 2.47. The van der Waals surface area contributed by atoms with Crippen LogP contribution < -0.4 is 4.74 Å². The summed E-state index contributed by atoms with van der Waals surface area (Å²) in [5, 5.41) is 9.99. The van der Waals surface area contributed by atoms with Crippen molar-refractivity contribution in [2.75, 3.05) is 0 Å². The highest BCUT2D eigenvalue weighted by Gasteiger charge is 2.18. The molecule has 110 valence electrons. The van der Waals surface area contributed by atoms with Crippen molar-refractivity contribution in [2.24, 2.45) is 0 Å². The van der Waals surface area contributed by atoms with Gasteiger partial charge < -0.3 is 9.84 Å². The number of aliphatic hydroxyl groups excluding tert-OH is 1. The zero-order chi connectivity index (χ0) is 14.8. The van der Waals surface area contributed by atoms with Crippen molar-refractivity contribution in [3.05, 3.63) is 64.7 Å². The van der Waals surface area contributed by atoms with E-state index in [4.69, 9.17) is 4.74 Å². The fourth-order valence-electron chi connectivity index (χ4n) is 2.64. The van der Waals surface area contributed by atoms with Gasteiger partial charge in [-0.05, 0) is 54.7 Å². The van der Waals surface area contributed by atoms with Crippen LogP contribution >= 0.6 is 0 Å². The second kappa shape index (κ2) is 5.82. The molecule has 0 heterocycles. The van der Waals surface area contributed by atoms with Crippen LogP contribution in [0.4, 0.5) is 8.78 Å². The Bertz CT molecular complexity index is 655. The van der Waals surface area contributed by atoms with Crippen molar-refractivity contribution in [1.29, 1.82) is 0 Å². The molecule has 0 radical (unpaired) electrons. The Hall–Kier alpha value is -1.94. The maximum atomic E-state index is 13.5. The van der Waals surface area contributed by atoms with Crippen molar-refractivity contribution in [3.8, 4) is 5.75 Å². The second-order valence-corrected chi connectivity index (χ2v) is 5.29. The van der Waals surface area contributed by atoms with Gasteiger partial charge in [-0.3, -0.25) is 0 Å². The van der Waals surface area contributed by atoms with Crippen LogP contribution in [0.25, 0.3) is 0 Å². The van der Waals surface area contributed by atoms with E-state index in [9.17, 15) is 13.9 Å². The first-order valence-corrected chi connectivity index (χ1v) is 7.01. The average molecular weight is 290 g/mol. The third-order valence-electron chi connectivity index (χ3n) is 3.81. The summed E-state index contributed by atoms with van der Waals surface area (Å²) in [6.45, 7) is 0.0288. The topological polar surface area (TPSA) is 29.5 Å². The Morgan fingerprint density at radius 2 is 2.00 bits per heavy atom. The summed E-state index contributed by atoms with van der Waals surface area (Å²) in [7, 11) is 0. The van der Waals surface area contributed by atoms with Crippen LogP contribution in [-0.2, 0) is 13.0 Å². The fourth-order valence-corrected chi connectivity index (χ4v) is 2.64. The van der Waals surface area contributed by atoms with Crippen LogP contribution in [0.3, 0.4) is 0 Å². The minimum absolute atomic E-state index is 0.0288. The Kier molecular flexibility index (Phi) is 3.88. The normalized spacial score (nSPS) is 17.4. The van der Waals surface area contributed by atoms with E-state index in [1.165, 1.54) is 12.1 Å². The minimum Gasteiger partial charge on any atom is -0.489 e. The van der Waals surface area contributed by atoms with Crippen LogP contribution in [0.5, 0.6) is 5.75 Å². The van der Waals surface area contributed by atoms with E-state index < -0.39 is 17.7 Å². The van der Waals surface area contributed by atoms with E-state index in [0.717, 1.165) is 36.5 Å². The second-order valence-electron chi connectivity index (χ2n) is 5.29. The quantitative estimate of drug-likeness (QED) is 0.928. The third kappa shape index (κ3) is 3.05. The molecule has 21 heavy (non-hydrogen) atoms. The maximum absolute atomic E-state index is 13.5. The first-order valence-electron chi connectivity index (χ1n) is 7.01. The van der Waals surface area contributed by atoms with Gasteiger partial charge in [-0.25, -0.2) is 8.78 Å². The monoisotopic (exact) mass is 290 g/mol. The molecule has 0 amide bonds. The molecule has 1 aliphatic carbocycles. The number of benzene rings is 2. The van der Waals surface area contributed by atoms with Gasteiger partial charge in [0, 0.05) is 11.6 Å². The van der Waals surface area contributed by atoms with Gasteiger partial charge in [0.2, 0.25) is 0 Å². The molecule has 1 aliphatic rings. The van der Waals surface area contributed by atoms with E-state index in [1.54, 1.807) is 6.07 Å². The van der Waals surface area contributed by atoms with Crippen molar-refractivity contribution in [2.45, 2.75) is 32.0 Å². The van der Waals surface area contributed by atoms with Gasteiger partial charge >= 0.3 is 0 Å². The molecule has 1 unspecified atom stereocenters. The highest BCUT2D eigenvalue weighted by atomic mass is 19.1. The highest BCUT2D eigenvalue weighted by molar-refractivity contribution is 5.38. The molecular weight excluding hydrogens is 274 g/mol. The smallest absolute Gasteiger partial charge is 0.132 e. The summed E-state index contributed by atoms with van der Waals surface area (Å²) < 4.78 is 31.9. The Labute approximate surface area is 122 Å². The Balaban J connectivity index is 1.75. The number of fused-ring (bicyclic) bond motifs is 1. The van der Waals surface area contributed by atoms with Crippen LogP contribution in [-0.4, -0.2) is 5.11 Å². The predicted molar refractivity (Wildman–Crippen MR) is 75.0 cm³/mol. The molecular formula is C17H16F2O2. The van der Waals surface area contributed by atoms with E-state index in [2.05, 4.69) is 0 Å². The summed E-state index contributed by atoms with van der Waals surface area (Å²) in [6, 6.07) is 8.98. The lowest BCUT2D eigenvalue weighted by molar-refractivity contribution is 0.156. The van der Waals surface area contributed by atoms with Crippen molar-refractivity contribution in [1.82, 2.24) is 0 Å². The first-order chi connectivity index (χ1) is 10.1. The van der Waals surface area contributed by atoms with Gasteiger partial charge in [-0.1, -0.05) is 6.07 Å². The molecule has 0 saturated heterocycles. The number of aliphatic hydroxyl groups is 1. The minimum atomic E-state index is -0.618. The van der Waals surface area contributed by atoms with Gasteiger partial charge in [-0.15, -0.1) is 0 Å². The number of halogens is 2. The van der Waals surface area contributed by atoms with E-state index in [0.29, 0.717) is 11.3 Å². The standard InChI is InChI=1S/C17H16F2O2/c18-13-6-4-12(16(19)8-13)10-21-14-7-5-11-2-1-3-17(20)15(11)9-14/h4-9,17,20H,1-3,10H2. The number of hydrogen-bond donors (Lipinski definition) is 1. The molecule has 1 N–H and O–H groups in total. The SMILES string of the molecule is OC1CCCc2ccc(OCc3ccc(F)cc3F)cc21. The van der Waals surface area contributed by atoms with Gasteiger partial charge in [0.1, 0.15) is 24.0 Å². The molecule has 4 heteroatoms. The van der Waals surface area contributed by atoms with Crippen molar-refractivity contribution >= 4 is 0 Å². The number of hydrogen-bond acceptors (Lipinski definition) is 2. The van der Waals surface area contributed by atoms with Crippen LogP contribution in [0, 0.1) is 11.6 Å². The highest BCUT2D eigenvalue weighted by Crippen LogP contribution is 2.32. The lowest BCUT2D eigenvalue weighted by Crippen LogP contribution is -2.09. The van der Waals surface area contributed by atoms with E-state index in [1.807, 2.05) is 12.1 Å². The van der Waals surface area contributed by atoms with Crippen LogP contribution in [0.2, 0.25) is 0 Å². The van der Waals surface area contributed by atoms with Crippen LogP contribution in [0.15, 0.2) is 36.4 Å². The van der Waals surface area contributed by atoms with Gasteiger partial charge in [0.05, 0.1) is 6.10 Å². The summed E-state index contributed by atoms with van der Waals surface area (Å²) in [5.74, 6) is -0.639. The molecule has 0 spiro atoms. The van der Waals surface area contributed by atoms with Gasteiger partial charge in [0.25, 0.3) is 0 Å². The molecule has 0 aliphatic heterocycles. The Morgan fingerprint density at radius 3 is 2.81 bits per heavy atom. The molecule has 0 bridgehead atoms. The van der Waals surface area contributed by atoms with Crippen molar-refractivity contribution in [3.63, 3.8) is 0 Å². The van der Waals surface area contributed by atoms with Crippen molar-refractivity contribution < 1.29 is 18.6 Å². The molecule has 3 rings (SSSR count). The van der Waals surface area contributed by atoms with Gasteiger partial charge in [0.15, 0.2) is 0 Å². The van der Waals surface area contributed by atoms with E-state index >= 15 is 0 Å². The third-order valence-corrected chi connectivity index (χ3v) is 3.81. The predicted octanol–water partition coefficient (Wildman–Crippen LogP) is 3.91. The number of rotatable bonds is 3. The molecule has 0 aromatic heterocycles. The largest absolute Gasteiger partial charge is 0.489 e. The summed E-state index contributed by atoms with van der Waals surface area (Å²) in [5.41, 5.74) is 2.32. The first kappa shape index (κ1) is 14.0. The summed E-state index contributed by atoms with van der Waals surface area (Å²) in [6.07, 6.45) is 2.23. The number of aryl methyl sites for hydroxylation is 1. The molecule has 1 atom stereocenters. The van der Waals surface area contributed by atoms with Gasteiger partial charge in [-0.2, -0.15) is 0 Å². The van der Waals surface area contributed by atoms with E-state index in [-0.39, 0.29) is 6.61 Å².